The zero-order valence-electron chi connectivity index (χ0n) is 11.8. The first kappa shape index (κ1) is 15.4. The van der Waals surface area contributed by atoms with Gasteiger partial charge in [0.25, 0.3) is 5.91 Å². The summed E-state index contributed by atoms with van der Waals surface area (Å²) in [6.07, 6.45) is 0.943. The molecule has 1 N–H and O–H groups in total. The summed E-state index contributed by atoms with van der Waals surface area (Å²) in [6, 6.07) is 2.12. The lowest BCUT2D eigenvalue weighted by Gasteiger charge is -2.21. The first-order valence-corrected chi connectivity index (χ1v) is 6.32. The SMILES string of the molecule is CCC(C)CN(C)C(=O)c1cc(F)c(NC)c(F)c1. The number of benzene rings is 1. The van der Waals surface area contributed by atoms with Gasteiger partial charge in [0.2, 0.25) is 0 Å². The molecule has 1 rings (SSSR count). The monoisotopic (exact) mass is 270 g/mol. The van der Waals surface area contributed by atoms with Crippen LogP contribution in [-0.4, -0.2) is 31.4 Å². The van der Waals surface area contributed by atoms with Crippen LogP contribution in [-0.2, 0) is 0 Å². The van der Waals surface area contributed by atoms with Gasteiger partial charge in [-0.05, 0) is 18.1 Å². The molecule has 19 heavy (non-hydrogen) atoms. The van der Waals surface area contributed by atoms with Crippen molar-refractivity contribution in [3.8, 4) is 0 Å². The van der Waals surface area contributed by atoms with E-state index in [1.165, 1.54) is 11.9 Å². The van der Waals surface area contributed by atoms with Gasteiger partial charge in [-0.15, -0.1) is 0 Å². The van der Waals surface area contributed by atoms with Crippen LogP contribution >= 0.6 is 0 Å². The lowest BCUT2D eigenvalue weighted by molar-refractivity contribution is 0.0774. The minimum Gasteiger partial charge on any atom is -0.383 e. The zero-order valence-corrected chi connectivity index (χ0v) is 11.8. The van der Waals surface area contributed by atoms with E-state index in [1.807, 2.05) is 13.8 Å². The Bertz CT molecular complexity index is 440. The molecule has 0 bridgehead atoms. The Morgan fingerprint density at radius 3 is 2.32 bits per heavy atom. The maximum Gasteiger partial charge on any atom is 0.253 e. The number of rotatable bonds is 5. The highest BCUT2D eigenvalue weighted by Crippen LogP contribution is 2.21. The van der Waals surface area contributed by atoms with Gasteiger partial charge in [0.05, 0.1) is 0 Å². The molecule has 1 atom stereocenters. The van der Waals surface area contributed by atoms with E-state index in [4.69, 9.17) is 0 Å². The van der Waals surface area contributed by atoms with Crippen LogP contribution in [0.5, 0.6) is 0 Å². The molecule has 3 nitrogen and oxygen atoms in total. The second kappa shape index (κ2) is 6.50. The summed E-state index contributed by atoms with van der Waals surface area (Å²) in [4.78, 5) is 13.6. The molecule has 0 saturated carbocycles. The number of anilines is 1. The van der Waals surface area contributed by atoms with Crippen molar-refractivity contribution in [3.05, 3.63) is 29.3 Å². The zero-order chi connectivity index (χ0) is 14.6. The Balaban J connectivity index is 2.94. The first-order valence-electron chi connectivity index (χ1n) is 6.32. The molecule has 1 aromatic rings. The predicted octanol–water partition coefficient (Wildman–Crippen LogP) is 3.12. The Morgan fingerprint density at radius 1 is 1.37 bits per heavy atom. The fourth-order valence-corrected chi connectivity index (χ4v) is 1.84. The average Bonchev–Trinajstić information content (AvgIpc) is 2.37. The normalized spacial score (nSPS) is 12.1. The predicted molar refractivity (Wildman–Crippen MR) is 72.3 cm³/mol. The fraction of sp³-hybridized carbons (Fsp3) is 0.500. The molecule has 1 aromatic carbocycles. The van der Waals surface area contributed by atoms with E-state index in [0.29, 0.717) is 12.5 Å². The largest absolute Gasteiger partial charge is 0.383 e. The third-order valence-corrected chi connectivity index (χ3v) is 3.17. The summed E-state index contributed by atoms with van der Waals surface area (Å²) in [5.74, 6) is -1.55. The number of nitrogens with zero attached hydrogens (tertiary/aromatic N) is 1. The van der Waals surface area contributed by atoms with Crippen LogP contribution in [0.4, 0.5) is 14.5 Å². The molecule has 0 saturated heterocycles. The molecule has 0 aromatic heterocycles. The van der Waals surface area contributed by atoms with Gasteiger partial charge in [0.15, 0.2) is 0 Å². The van der Waals surface area contributed by atoms with E-state index in [1.54, 1.807) is 7.05 Å². The third kappa shape index (κ3) is 3.66. The van der Waals surface area contributed by atoms with Crippen molar-refractivity contribution in [1.29, 1.82) is 0 Å². The molecule has 0 radical (unpaired) electrons. The topological polar surface area (TPSA) is 32.3 Å². The minimum absolute atomic E-state index is 0.0276. The van der Waals surface area contributed by atoms with Crippen LogP contribution in [0, 0.1) is 17.6 Å². The molecule has 106 valence electrons. The van der Waals surface area contributed by atoms with E-state index in [-0.39, 0.29) is 17.2 Å². The van der Waals surface area contributed by atoms with Crippen LogP contribution in [0.15, 0.2) is 12.1 Å². The van der Waals surface area contributed by atoms with Gasteiger partial charge < -0.3 is 10.2 Å². The van der Waals surface area contributed by atoms with Gasteiger partial charge in [-0.3, -0.25) is 4.79 Å². The number of hydrogen-bond donors (Lipinski definition) is 1. The minimum atomic E-state index is -0.761. The van der Waals surface area contributed by atoms with Gasteiger partial charge in [0.1, 0.15) is 17.3 Å². The smallest absolute Gasteiger partial charge is 0.253 e. The van der Waals surface area contributed by atoms with E-state index in [2.05, 4.69) is 5.32 Å². The number of hydrogen-bond acceptors (Lipinski definition) is 2. The second-order valence-electron chi connectivity index (χ2n) is 4.76. The highest BCUT2D eigenvalue weighted by atomic mass is 19.1. The summed E-state index contributed by atoms with van der Waals surface area (Å²) in [5.41, 5.74) is -0.194. The molecule has 0 spiro atoms. The van der Waals surface area contributed by atoms with Gasteiger partial charge in [-0.2, -0.15) is 0 Å². The fourth-order valence-electron chi connectivity index (χ4n) is 1.84. The molecular formula is C14H20F2N2O. The highest BCUT2D eigenvalue weighted by molar-refractivity contribution is 5.94. The maximum atomic E-state index is 13.6. The number of carbonyl (C=O) groups excluding carboxylic acids is 1. The van der Waals surface area contributed by atoms with Crippen molar-refractivity contribution in [2.45, 2.75) is 20.3 Å². The van der Waals surface area contributed by atoms with Gasteiger partial charge >= 0.3 is 0 Å². The number of halogens is 2. The van der Waals surface area contributed by atoms with Gasteiger partial charge in [0, 0.05) is 26.2 Å². The van der Waals surface area contributed by atoms with Crippen LogP contribution < -0.4 is 5.32 Å². The molecule has 0 aliphatic rings. The third-order valence-electron chi connectivity index (χ3n) is 3.17. The number of carbonyl (C=O) groups is 1. The number of amides is 1. The standard InChI is InChI=1S/C14H20F2N2O/c1-5-9(2)8-18(4)14(19)10-6-11(15)13(17-3)12(16)7-10/h6-7,9,17H,5,8H2,1-4H3. The van der Waals surface area contributed by atoms with Crippen molar-refractivity contribution in [1.82, 2.24) is 4.90 Å². The Morgan fingerprint density at radius 2 is 1.89 bits per heavy atom. The van der Waals surface area contributed by atoms with Crippen LogP contribution in [0.1, 0.15) is 30.6 Å². The van der Waals surface area contributed by atoms with Crippen molar-refractivity contribution in [2.24, 2.45) is 5.92 Å². The van der Waals surface area contributed by atoms with Crippen LogP contribution in [0.2, 0.25) is 0 Å². The summed E-state index contributed by atoms with van der Waals surface area (Å²) in [5, 5.41) is 2.43. The van der Waals surface area contributed by atoms with Gasteiger partial charge in [-0.25, -0.2) is 8.78 Å². The lowest BCUT2D eigenvalue weighted by Crippen LogP contribution is -2.31. The van der Waals surface area contributed by atoms with Crippen molar-refractivity contribution < 1.29 is 13.6 Å². The van der Waals surface area contributed by atoms with Crippen LogP contribution in [0.3, 0.4) is 0 Å². The van der Waals surface area contributed by atoms with E-state index >= 15 is 0 Å². The summed E-state index contributed by atoms with van der Waals surface area (Å²) in [6.45, 7) is 4.62. The van der Waals surface area contributed by atoms with E-state index < -0.39 is 11.6 Å². The van der Waals surface area contributed by atoms with Gasteiger partial charge in [-0.1, -0.05) is 20.3 Å². The van der Waals surface area contributed by atoms with Crippen molar-refractivity contribution >= 4 is 11.6 Å². The summed E-state index contributed by atoms with van der Waals surface area (Å²) < 4.78 is 27.2. The Kier molecular flexibility index (Phi) is 5.27. The average molecular weight is 270 g/mol. The highest BCUT2D eigenvalue weighted by Gasteiger charge is 2.18. The van der Waals surface area contributed by atoms with E-state index in [0.717, 1.165) is 18.6 Å². The molecule has 1 unspecified atom stereocenters. The molecule has 0 heterocycles. The molecule has 1 amide bonds. The van der Waals surface area contributed by atoms with Crippen molar-refractivity contribution in [3.63, 3.8) is 0 Å². The van der Waals surface area contributed by atoms with Crippen molar-refractivity contribution in [2.75, 3.05) is 26.0 Å². The molecule has 0 aliphatic heterocycles. The second-order valence-corrected chi connectivity index (χ2v) is 4.76. The van der Waals surface area contributed by atoms with E-state index in [9.17, 15) is 13.6 Å². The molecule has 0 fully saturated rings. The van der Waals surface area contributed by atoms with Crippen LogP contribution in [0.25, 0.3) is 0 Å². The summed E-state index contributed by atoms with van der Waals surface area (Å²) in [7, 11) is 3.06. The molecular weight excluding hydrogens is 250 g/mol. The quantitative estimate of drug-likeness (QED) is 0.891. The lowest BCUT2D eigenvalue weighted by atomic mass is 10.1. The first-order chi connectivity index (χ1) is 8.90. The molecule has 0 aliphatic carbocycles. The maximum absolute atomic E-state index is 13.6. The Labute approximate surface area is 112 Å². The number of nitrogens with one attached hydrogen (secondary N) is 1. The molecule has 5 heteroatoms. The summed E-state index contributed by atoms with van der Waals surface area (Å²) >= 11 is 0. The Hall–Kier alpha value is -1.65.